The zero-order chi connectivity index (χ0) is 5.56. The highest BCUT2D eigenvalue weighted by atomic mass is 16.1. The van der Waals surface area contributed by atoms with Gasteiger partial charge in [-0.15, -0.1) is 0 Å². The summed E-state index contributed by atoms with van der Waals surface area (Å²) in [7, 11) is 0. The molecule has 1 heterocycles. The Labute approximate surface area is 46.2 Å². The van der Waals surface area contributed by atoms with Crippen molar-refractivity contribution in [2.45, 2.75) is 6.42 Å². The van der Waals surface area contributed by atoms with E-state index in [1.807, 2.05) is 6.07 Å². The molecule has 2 rings (SSSR count). The quantitative estimate of drug-likeness (QED) is 0.515. The first kappa shape index (κ1) is 3.89. The first-order valence-electron chi connectivity index (χ1n) is 2.57. The molecule has 0 bridgehead atoms. The molecule has 2 heteroatoms. The number of rotatable bonds is 0. The van der Waals surface area contributed by atoms with Crippen LogP contribution in [0.25, 0.3) is 0 Å². The van der Waals surface area contributed by atoms with Crippen molar-refractivity contribution in [1.29, 1.82) is 0 Å². The molecule has 0 aromatic carbocycles. The van der Waals surface area contributed by atoms with Crippen molar-refractivity contribution in [3.63, 3.8) is 0 Å². The first-order chi connectivity index (χ1) is 3.86. The van der Waals surface area contributed by atoms with Crippen LogP contribution in [0.2, 0.25) is 0 Å². The fraction of sp³-hybridized carbons (Fsp3) is 0.167. The minimum Gasteiger partial charge on any atom is -0.326 e. The van der Waals surface area contributed by atoms with Crippen LogP contribution in [0, 0.1) is 0 Å². The zero-order valence-electron chi connectivity index (χ0n) is 4.27. The summed E-state index contributed by atoms with van der Waals surface area (Å²) in [6, 6.07) is 3.43. The number of hydrogen-bond acceptors (Lipinski definition) is 1. The van der Waals surface area contributed by atoms with Gasteiger partial charge in [-0.05, 0) is 5.56 Å². The van der Waals surface area contributed by atoms with Crippen LogP contribution in [-0.2, 0) is 6.42 Å². The maximum Gasteiger partial charge on any atom is 0.248 e. The number of pyridine rings is 1. The fourth-order valence-corrected chi connectivity index (χ4v) is 0.797. The molecular formula is C6H5NO. The lowest BCUT2D eigenvalue weighted by atomic mass is 10.5. The standard InChI is InChI=1S/C6H5NO/c8-6-2-1-4-3-5(4)7-6/h1-2H,3H2,(H,7,8). The summed E-state index contributed by atoms with van der Waals surface area (Å²) in [4.78, 5) is 13.2. The van der Waals surface area contributed by atoms with Crippen molar-refractivity contribution in [3.05, 3.63) is 33.7 Å². The Morgan fingerprint density at radius 2 is 2.38 bits per heavy atom. The minimum absolute atomic E-state index is 0.0150. The molecular weight excluding hydrogens is 102 g/mol. The highest BCUT2D eigenvalue weighted by Gasteiger charge is 2.15. The molecule has 1 aliphatic rings. The molecule has 8 heavy (non-hydrogen) atoms. The Hall–Kier alpha value is -1.05. The Morgan fingerprint density at radius 3 is 3.00 bits per heavy atom. The molecule has 1 aliphatic carbocycles. The van der Waals surface area contributed by atoms with Crippen molar-refractivity contribution in [3.8, 4) is 0 Å². The molecule has 0 saturated carbocycles. The Morgan fingerprint density at radius 1 is 1.50 bits per heavy atom. The normalized spacial score (nSPS) is 13.0. The Balaban J connectivity index is 2.81. The molecule has 1 aromatic heterocycles. The number of H-pyrrole nitrogens is 1. The van der Waals surface area contributed by atoms with E-state index < -0.39 is 0 Å². The third-order valence-corrected chi connectivity index (χ3v) is 1.34. The van der Waals surface area contributed by atoms with Gasteiger partial charge in [0.15, 0.2) is 0 Å². The van der Waals surface area contributed by atoms with Gasteiger partial charge < -0.3 is 4.98 Å². The minimum atomic E-state index is 0.0150. The van der Waals surface area contributed by atoms with Crippen LogP contribution >= 0.6 is 0 Å². The van der Waals surface area contributed by atoms with Gasteiger partial charge in [0, 0.05) is 18.2 Å². The van der Waals surface area contributed by atoms with Crippen LogP contribution in [0.4, 0.5) is 0 Å². The van der Waals surface area contributed by atoms with Gasteiger partial charge in [0.25, 0.3) is 0 Å². The van der Waals surface area contributed by atoms with Gasteiger partial charge in [0.2, 0.25) is 5.56 Å². The average molecular weight is 107 g/mol. The number of nitrogens with one attached hydrogen (secondary N) is 1. The first-order valence-corrected chi connectivity index (χ1v) is 2.57. The monoisotopic (exact) mass is 107 g/mol. The molecule has 1 aromatic rings. The summed E-state index contributed by atoms with van der Waals surface area (Å²) in [5.74, 6) is 0. The number of aromatic nitrogens is 1. The van der Waals surface area contributed by atoms with Gasteiger partial charge in [-0.3, -0.25) is 4.79 Å². The summed E-state index contributed by atoms with van der Waals surface area (Å²) in [6.45, 7) is 0. The maximum atomic E-state index is 10.5. The topological polar surface area (TPSA) is 32.9 Å². The maximum absolute atomic E-state index is 10.5. The Kier molecular flexibility index (Phi) is 0.497. The van der Waals surface area contributed by atoms with Crippen LogP contribution in [0.5, 0.6) is 0 Å². The van der Waals surface area contributed by atoms with Gasteiger partial charge in [0.1, 0.15) is 0 Å². The second-order valence-electron chi connectivity index (χ2n) is 2.00. The van der Waals surface area contributed by atoms with Gasteiger partial charge >= 0.3 is 0 Å². The van der Waals surface area contributed by atoms with E-state index in [2.05, 4.69) is 4.98 Å². The van der Waals surface area contributed by atoms with Crippen LogP contribution in [-0.4, -0.2) is 4.98 Å². The highest BCUT2D eigenvalue weighted by Crippen LogP contribution is 2.21. The average Bonchev–Trinajstić information content (AvgIpc) is 2.43. The molecule has 0 aliphatic heterocycles. The summed E-state index contributed by atoms with van der Waals surface area (Å²) in [6.07, 6.45) is 0.988. The van der Waals surface area contributed by atoms with E-state index in [4.69, 9.17) is 0 Å². The van der Waals surface area contributed by atoms with E-state index >= 15 is 0 Å². The lowest BCUT2D eigenvalue weighted by molar-refractivity contribution is 1.23. The smallest absolute Gasteiger partial charge is 0.248 e. The summed E-state index contributed by atoms with van der Waals surface area (Å²) in [5.41, 5.74) is 2.41. The molecule has 0 radical (unpaired) electrons. The van der Waals surface area contributed by atoms with Crippen LogP contribution < -0.4 is 5.56 Å². The lowest BCUT2D eigenvalue weighted by Crippen LogP contribution is -1.99. The molecule has 0 saturated heterocycles. The van der Waals surface area contributed by atoms with Crippen molar-refractivity contribution in [2.75, 3.05) is 0 Å². The molecule has 40 valence electrons. The zero-order valence-corrected chi connectivity index (χ0v) is 4.27. The molecule has 1 N–H and O–H groups in total. The number of aromatic amines is 1. The van der Waals surface area contributed by atoms with Crippen LogP contribution in [0.15, 0.2) is 16.9 Å². The third kappa shape index (κ3) is 0.397. The van der Waals surface area contributed by atoms with Gasteiger partial charge in [0.05, 0.1) is 0 Å². The molecule has 0 unspecified atom stereocenters. The second kappa shape index (κ2) is 1.02. The predicted octanol–water partition coefficient (Wildman–Crippen LogP) is 0.279. The van der Waals surface area contributed by atoms with E-state index in [0.717, 1.165) is 12.1 Å². The molecule has 2 nitrogen and oxygen atoms in total. The van der Waals surface area contributed by atoms with Crippen LogP contribution in [0.1, 0.15) is 11.3 Å². The Bertz CT molecular complexity index is 274. The third-order valence-electron chi connectivity index (χ3n) is 1.34. The van der Waals surface area contributed by atoms with E-state index in [-0.39, 0.29) is 5.56 Å². The van der Waals surface area contributed by atoms with E-state index in [1.165, 1.54) is 5.56 Å². The van der Waals surface area contributed by atoms with E-state index in [1.54, 1.807) is 6.07 Å². The van der Waals surface area contributed by atoms with E-state index in [9.17, 15) is 4.79 Å². The van der Waals surface area contributed by atoms with Crippen molar-refractivity contribution in [2.24, 2.45) is 0 Å². The molecule has 0 atom stereocenters. The summed E-state index contributed by atoms with van der Waals surface area (Å²) < 4.78 is 0. The van der Waals surface area contributed by atoms with E-state index in [0.29, 0.717) is 0 Å². The second-order valence-corrected chi connectivity index (χ2v) is 2.00. The molecule has 0 spiro atoms. The SMILES string of the molecule is O=c1ccc2c([nH]1)C2. The van der Waals surface area contributed by atoms with Gasteiger partial charge in [-0.25, -0.2) is 0 Å². The highest BCUT2D eigenvalue weighted by molar-refractivity contribution is 5.37. The lowest BCUT2D eigenvalue weighted by Gasteiger charge is -1.72. The summed E-state index contributed by atoms with van der Waals surface area (Å²) >= 11 is 0. The predicted molar refractivity (Wildman–Crippen MR) is 29.9 cm³/mol. The van der Waals surface area contributed by atoms with Gasteiger partial charge in [-0.1, -0.05) is 6.07 Å². The van der Waals surface area contributed by atoms with Crippen LogP contribution in [0.3, 0.4) is 0 Å². The fourth-order valence-electron chi connectivity index (χ4n) is 0.797. The molecule has 0 amide bonds. The summed E-state index contributed by atoms with van der Waals surface area (Å²) in [5, 5.41) is 0. The van der Waals surface area contributed by atoms with Crippen molar-refractivity contribution >= 4 is 0 Å². The number of fused-ring (bicyclic) bond motifs is 1. The number of hydrogen-bond donors (Lipinski definition) is 1. The van der Waals surface area contributed by atoms with Crippen molar-refractivity contribution < 1.29 is 0 Å². The van der Waals surface area contributed by atoms with Crippen molar-refractivity contribution in [1.82, 2.24) is 4.98 Å². The van der Waals surface area contributed by atoms with Gasteiger partial charge in [-0.2, -0.15) is 0 Å². The largest absolute Gasteiger partial charge is 0.326 e. The molecule has 0 fully saturated rings.